The summed E-state index contributed by atoms with van der Waals surface area (Å²) in [7, 11) is 0. The first-order valence-electron chi connectivity index (χ1n) is 6.36. The van der Waals surface area contributed by atoms with E-state index in [4.69, 9.17) is 0 Å². The minimum Gasteiger partial charge on any atom is -0.0654 e. The highest BCUT2D eigenvalue weighted by molar-refractivity contribution is 5.01. The van der Waals surface area contributed by atoms with Gasteiger partial charge < -0.3 is 0 Å². The lowest BCUT2D eigenvalue weighted by Gasteiger charge is -2.15. The molecule has 0 aromatic carbocycles. The fourth-order valence-electron chi connectivity index (χ4n) is 3.56. The fourth-order valence-corrected chi connectivity index (χ4v) is 3.56. The second-order valence-corrected chi connectivity index (χ2v) is 5.25. The van der Waals surface area contributed by atoms with E-state index in [1.807, 2.05) is 0 Å². The molecule has 0 bridgehead atoms. The highest BCUT2D eigenvalue weighted by Gasteiger charge is 2.52. The smallest absolute Gasteiger partial charge is 0.0352 e. The van der Waals surface area contributed by atoms with Gasteiger partial charge in [-0.2, -0.15) is 0 Å². The van der Waals surface area contributed by atoms with Gasteiger partial charge in [-0.1, -0.05) is 46.0 Å². The number of hydrogen-bond acceptors (Lipinski definition) is 0. The Morgan fingerprint density at radius 1 is 0.846 bits per heavy atom. The number of unbranched alkanes of at least 4 members (excludes halogenated alkanes) is 1. The molecule has 0 saturated heterocycles. The van der Waals surface area contributed by atoms with E-state index < -0.39 is 0 Å². The van der Waals surface area contributed by atoms with Gasteiger partial charge in [0.15, 0.2) is 0 Å². The van der Waals surface area contributed by atoms with Gasteiger partial charge in [0.05, 0.1) is 0 Å². The van der Waals surface area contributed by atoms with Gasteiger partial charge in [0.2, 0.25) is 0 Å². The molecular formula is C13H24. The predicted molar refractivity (Wildman–Crippen MR) is 57.6 cm³/mol. The molecule has 2 aliphatic rings. The monoisotopic (exact) mass is 180 g/mol. The zero-order chi connectivity index (χ0) is 9.26. The summed E-state index contributed by atoms with van der Waals surface area (Å²) >= 11 is 0. The van der Waals surface area contributed by atoms with E-state index in [1.165, 1.54) is 43.9 Å². The van der Waals surface area contributed by atoms with Crippen molar-refractivity contribution in [1.29, 1.82) is 0 Å². The van der Waals surface area contributed by atoms with Crippen LogP contribution in [0.4, 0.5) is 0 Å². The van der Waals surface area contributed by atoms with Crippen LogP contribution in [0.1, 0.15) is 58.8 Å². The van der Waals surface area contributed by atoms with Gasteiger partial charge in [-0.25, -0.2) is 0 Å². The van der Waals surface area contributed by atoms with Crippen LogP contribution < -0.4 is 0 Å². The van der Waals surface area contributed by atoms with Crippen LogP contribution in [0.15, 0.2) is 0 Å². The third-order valence-corrected chi connectivity index (χ3v) is 4.30. The van der Waals surface area contributed by atoms with Crippen molar-refractivity contribution >= 4 is 0 Å². The SMILES string of the molecule is CCCCC1CC(CCC)C2CC12. The standard InChI is InChI=1S/C13H24/c1-3-5-7-11-8-10(6-4-2)12-9-13(11)12/h10-13H,3-9H2,1-2H3. The van der Waals surface area contributed by atoms with Crippen molar-refractivity contribution in [2.45, 2.75) is 58.8 Å². The van der Waals surface area contributed by atoms with Crippen LogP contribution in [0.25, 0.3) is 0 Å². The van der Waals surface area contributed by atoms with Crippen molar-refractivity contribution in [1.82, 2.24) is 0 Å². The van der Waals surface area contributed by atoms with E-state index in [9.17, 15) is 0 Å². The molecule has 2 fully saturated rings. The van der Waals surface area contributed by atoms with E-state index in [0.29, 0.717) is 0 Å². The summed E-state index contributed by atoms with van der Waals surface area (Å²) in [5.74, 6) is 4.64. The normalized spacial score (nSPS) is 42.0. The molecule has 0 aromatic heterocycles. The van der Waals surface area contributed by atoms with E-state index >= 15 is 0 Å². The summed E-state index contributed by atoms with van der Waals surface area (Å²) in [5.41, 5.74) is 0. The summed E-state index contributed by atoms with van der Waals surface area (Å²) in [6.07, 6.45) is 10.5. The van der Waals surface area contributed by atoms with Crippen molar-refractivity contribution in [2.75, 3.05) is 0 Å². The predicted octanol–water partition coefficient (Wildman–Crippen LogP) is 4.25. The van der Waals surface area contributed by atoms with E-state index in [-0.39, 0.29) is 0 Å². The quantitative estimate of drug-likeness (QED) is 0.593. The van der Waals surface area contributed by atoms with Crippen LogP contribution in [0.2, 0.25) is 0 Å². The lowest BCUT2D eigenvalue weighted by atomic mass is 9.91. The molecule has 4 unspecified atom stereocenters. The van der Waals surface area contributed by atoms with Crippen LogP contribution in [-0.4, -0.2) is 0 Å². The summed E-state index contributed by atoms with van der Waals surface area (Å²) in [6.45, 7) is 4.67. The van der Waals surface area contributed by atoms with Crippen molar-refractivity contribution in [3.05, 3.63) is 0 Å². The van der Waals surface area contributed by atoms with Crippen LogP contribution in [0.5, 0.6) is 0 Å². The highest BCUT2D eigenvalue weighted by Crippen LogP contribution is 2.60. The average Bonchev–Trinajstić information content (AvgIpc) is 2.85. The molecule has 4 atom stereocenters. The van der Waals surface area contributed by atoms with Crippen LogP contribution in [0.3, 0.4) is 0 Å². The van der Waals surface area contributed by atoms with E-state index in [2.05, 4.69) is 13.8 Å². The fraction of sp³-hybridized carbons (Fsp3) is 1.00. The first-order chi connectivity index (χ1) is 6.36. The van der Waals surface area contributed by atoms with Crippen LogP contribution in [0, 0.1) is 23.7 Å². The largest absolute Gasteiger partial charge is 0.0654 e. The molecule has 13 heavy (non-hydrogen) atoms. The molecule has 0 heteroatoms. The van der Waals surface area contributed by atoms with Crippen molar-refractivity contribution in [3.8, 4) is 0 Å². The van der Waals surface area contributed by atoms with Crippen molar-refractivity contribution < 1.29 is 0 Å². The Morgan fingerprint density at radius 2 is 1.54 bits per heavy atom. The van der Waals surface area contributed by atoms with Crippen molar-refractivity contribution in [3.63, 3.8) is 0 Å². The molecule has 0 aliphatic heterocycles. The molecule has 2 saturated carbocycles. The van der Waals surface area contributed by atoms with Gasteiger partial charge in [0.25, 0.3) is 0 Å². The molecule has 0 nitrogen and oxygen atoms in total. The third kappa shape index (κ3) is 1.92. The summed E-state index contributed by atoms with van der Waals surface area (Å²) in [6, 6.07) is 0. The first-order valence-corrected chi connectivity index (χ1v) is 6.36. The summed E-state index contributed by atoms with van der Waals surface area (Å²) in [4.78, 5) is 0. The zero-order valence-electron chi connectivity index (χ0n) is 9.26. The molecule has 0 aromatic rings. The molecule has 2 rings (SSSR count). The van der Waals surface area contributed by atoms with Crippen LogP contribution >= 0.6 is 0 Å². The Balaban J connectivity index is 1.76. The van der Waals surface area contributed by atoms with E-state index in [0.717, 1.165) is 11.8 Å². The van der Waals surface area contributed by atoms with E-state index in [1.54, 1.807) is 12.8 Å². The van der Waals surface area contributed by atoms with Gasteiger partial charge in [0, 0.05) is 0 Å². The van der Waals surface area contributed by atoms with Gasteiger partial charge >= 0.3 is 0 Å². The molecular weight excluding hydrogens is 156 g/mol. The number of hydrogen-bond donors (Lipinski definition) is 0. The lowest BCUT2D eigenvalue weighted by molar-refractivity contribution is 0.367. The third-order valence-electron chi connectivity index (χ3n) is 4.30. The average molecular weight is 180 g/mol. The summed E-state index contributed by atoms with van der Waals surface area (Å²) < 4.78 is 0. The Hall–Kier alpha value is 0. The molecule has 0 radical (unpaired) electrons. The molecule has 76 valence electrons. The van der Waals surface area contributed by atoms with Crippen LogP contribution in [-0.2, 0) is 0 Å². The second-order valence-electron chi connectivity index (χ2n) is 5.25. The highest BCUT2D eigenvalue weighted by atomic mass is 14.6. The van der Waals surface area contributed by atoms with Gasteiger partial charge in [0.1, 0.15) is 0 Å². The Morgan fingerprint density at radius 3 is 2.15 bits per heavy atom. The maximum Gasteiger partial charge on any atom is -0.0352 e. The zero-order valence-corrected chi connectivity index (χ0v) is 9.26. The first kappa shape index (κ1) is 9.55. The molecule has 0 N–H and O–H groups in total. The van der Waals surface area contributed by atoms with Gasteiger partial charge in [-0.05, 0) is 36.5 Å². The maximum atomic E-state index is 2.34. The molecule has 0 amide bonds. The molecule has 0 heterocycles. The Labute approximate surface area is 83.1 Å². The lowest BCUT2D eigenvalue weighted by Crippen LogP contribution is -2.03. The molecule has 0 spiro atoms. The second kappa shape index (κ2) is 4.02. The summed E-state index contributed by atoms with van der Waals surface area (Å²) in [5, 5.41) is 0. The number of fused-ring (bicyclic) bond motifs is 1. The molecule has 2 aliphatic carbocycles. The minimum atomic E-state index is 1.14. The van der Waals surface area contributed by atoms with Crippen molar-refractivity contribution in [2.24, 2.45) is 23.7 Å². The maximum absolute atomic E-state index is 2.34. The topological polar surface area (TPSA) is 0 Å². The number of rotatable bonds is 5. The van der Waals surface area contributed by atoms with Gasteiger partial charge in [-0.15, -0.1) is 0 Å². The Bertz CT molecular complexity index is 161. The minimum absolute atomic E-state index is 1.14. The Kier molecular flexibility index (Phi) is 2.96. The van der Waals surface area contributed by atoms with Gasteiger partial charge in [-0.3, -0.25) is 0 Å².